The molecular formula is C32H41FN2O2. The summed E-state index contributed by atoms with van der Waals surface area (Å²) < 4.78 is 19.8. The molecule has 1 heterocycles. The molecule has 0 spiro atoms. The van der Waals surface area contributed by atoms with E-state index in [-0.39, 0.29) is 5.75 Å². The van der Waals surface area contributed by atoms with Crippen molar-refractivity contribution in [2.75, 3.05) is 0 Å². The van der Waals surface area contributed by atoms with Crippen LogP contribution in [0.2, 0.25) is 0 Å². The molecule has 0 saturated carbocycles. The van der Waals surface area contributed by atoms with E-state index in [0.29, 0.717) is 11.4 Å². The quantitative estimate of drug-likeness (QED) is 0.111. The summed E-state index contributed by atoms with van der Waals surface area (Å²) in [5.74, 6) is -0.537. The molecule has 0 unspecified atom stereocenters. The first-order valence-electron chi connectivity index (χ1n) is 14.0. The lowest BCUT2D eigenvalue weighted by Crippen LogP contribution is -2.09. The normalized spacial score (nSPS) is 11.0. The third kappa shape index (κ3) is 9.71. The summed E-state index contributed by atoms with van der Waals surface area (Å²) in [5, 5.41) is 0. The lowest BCUT2D eigenvalue weighted by atomic mass is 10.1. The molecular weight excluding hydrogens is 463 g/mol. The fourth-order valence-corrected chi connectivity index (χ4v) is 4.37. The Morgan fingerprint density at radius 2 is 1.30 bits per heavy atom. The maximum absolute atomic E-state index is 14.5. The van der Waals surface area contributed by atoms with E-state index in [1.54, 1.807) is 30.3 Å². The van der Waals surface area contributed by atoms with Gasteiger partial charge < -0.3 is 4.74 Å². The van der Waals surface area contributed by atoms with Crippen LogP contribution in [-0.2, 0) is 12.8 Å². The highest BCUT2D eigenvalue weighted by molar-refractivity contribution is 5.91. The van der Waals surface area contributed by atoms with Gasteiger partial charge in [0.15, 0.2) is 17.4 Å². The Morgan fingerprint density at radius 3 is 1.92 bits per heavy atom. The van der Waals surface area contributed by atoms with Crippen molar-refractivity contribution in [2.45, 2.75) is 97.3 Å². The van der Waals surface area contributed by atoms with Crippen LogP contribution in [0.15, 0.2) is 54.9 Å². The minimum absolute atomic E-state index is 0.0498. The van der Waals surface area contributed by atoms with E-state index < -0.39 is 11.8 Å². The molecule has 2 aromatic carbocycles. The summed E-state index contributed by atoms with van der Waals surface area (Å²) in [6, 6.07) is 11.7. The van der Waals surface area contributed by atoms with Crippen molar-refractivity contribution >= 4 is 5.97 Å². The lowest BCUT2D eigenvalue weighted by Gasteiger charge is -2.08. The van der Waals surface area contributed by atoms with Gasteiger partial charge in [-0.15, -0.1) is 0 Å². The smallest absolute Gasteiger partial charge is 0.343 e. The fourth-order valence-electron chi connectivity index (χ4n) is 4.37. The number of aromatic nitrogens is 2. The van der Waals surface area contributed by atoms with Crippen LogP contribution in [-0.4, -0.2) is 15.9 Å². The zero-order valence-electron chi connectivity index (χ0n) is 22.5. The van der Waals surface area contributed by atoms with E-state index in [0.717, 1.165) is 48.8 Å². The molecule has 5 heteroatoms. The Balaban J connectivity index is 1.48. The molecule has 0 saturated heterocycles. The van der Waals surface area contributed by atoms with Crippen LogP contribution in [0.1, 0.15) is 106 Å². The Hall–Kier alpha value is -3.08. The van der Waals surface area contributed by atoms with Gasteiger partial charge in [0.25, 0.3) is 0 Å². The van der Waals surface area contributed by atoms with E-state index in [1.165, 1.54) is 57.4 Å². The summed E-state index contributed by atoms with van der Waals surface area (Å²) in [5.41, 5.74) is 3.23. The number of nitrogens with zero attached hydrogens (tertiary/aromatic N) is 2. The highest BCUT2D eigenvalue weighted by atomic mass is 19.1. The number of unbranched alkanes of at least 4 members (excludes halogenated alkanes) is 9. The number of hydrogen-bond donors (Lipinski definition) is 0. The second-order valence-corrected chi connectivity index (χ2v) is 9.83. The van der Waals surface area contributed by atoms with Crippen molar-refractivity contribution < 1.29 is 13.9 Å². The van der Waals surface area contributed by atoms with Crippen molar-refractivity contribution in [2.24, 2.45) is 0 Å². The molecule has 0 atom stereocenters. The SMILES string of the molecule is CCCCCCCCCc1cnc(-c2ccc(C(=O)Oc3ccc(CCCCCC)cc3F)cc2)nc1. The zero-order valence-corrected chi connectivity index (χ0v) is 22.5. The number of hydrogen-bond acceptors (Lipinski definition) is 4. The van der Waals surface area contributed by atoms with Crippen molar-refractivity contribution in [1.29, 1.82) is 0 Å². The number of halogens is 1. The first kappa shape index (κ1) is 28.5. The predicted molar refractivity (Wildman–Crippen MR) is 148 cm³/mol. The van der Waals surface area contributed by atoms with E-state index in [4.69, 9.17) is 4.74 Å². The van der Waals surface area contributed by atoms with Gasteiger partial charge in [0.2, 0.25) is 0 Å². The maximum Gasteiger partial charge on any atom is 0.343 e. The molecule has 1 aromatic heterocycles. The lowest BCUT2D eigenvalue weighted by molar-refractivity contribution is 0.0728. The number of ether oxygens (including phenoxy) is 1. The summed E-state index contributed by atoms with van der Waals surface area (Å²) in [6.45, 7) is 4.41. The first-order valence-corrected chi connectivity index (χ1v) is 14.0. The molecule has 0 aliphatic carbocycles. The first-order chi connectivity index (χ1) is 18.1. The monoisotopic (exact) mass is 504 g/mol. The molecule has 0 aliphatic heterocycles. The van der Waals surface area contributed by atoms with Crippen molar-refractivity contribution in [1.82, 2.24) is 9.97 Å². The second kappa shape index (κ2) is 15.9. The van der Waals surface area contributed by atoms with E-state index >= 15 is 0 Å². The van der Waals surface area contributed by atoms with E-state index in [9.17, 15) is 9.18 Å². The van der Waals surface area contributed by atoms with Gasteiger partial charge in [-0.3, -0.25) is 0 Å². The number of carbonyl (C=O) groups excluding carboxylic acids is 1. The summed E-state index contributed by atoms with van der Waals surface area (Å²) >= 11 is 0. The molecule has 0 fully saturated rings. The maximum atomic E-state index is 14.5. The Bertz CT molecular complexity index is 1080. The Labute approximate surface area is 221 Å². The molecule has 4 nitrogen and oxygen atoms in total. The number of esters is 1. The van der Waals surface area contributed by atoms with Gasteiger partial charge in [0.1, 0.15) is 0 Å². The molecule has 0 bridgehead atoms. The summed E-state index contributed by atoms with van der Waals surface area (Å²) in [4.78, 5) is 21.6. The van der Waals surface area contributed by atoms with Crippen LogP contribution in [0.25, 0.3) is 11.4 Å². The standard InChI is InChI=1S/C32H41FN2O2/c1-3-5-7-9-10-11-13-15-26-23-34-31(35-24-26)27-17-19-28(20-18-27)32(36)37-30-21-16-25(22-29(30)33)14-12-8-6-4-2/h16-24H,3-15H2,1-2H3. The van der Waals surface area contributed by atoms with Gasteiger partial charge in [0.05, 0.1) is 5.56 Å². The van der Waals surface area contributed by atoms with Crippen LogP contribution in [0.3, 0.4) is 0 Å². The molecule has 0 amide bonds. The molecule has 0 aliphatic rings. The van der Waals surface area contributed by atoms with Crippen LogP contribution >= 0.6 is 0 Å². The fraction of sp³-hybridized carbons (Fsp3) is 0.469. The molecule has 3 rings (SSSR count). The minimum Gasteiger partial charge on any atom is -0.420 e. The number of aryl methyl sites for hydroxylation is 2. The topological polar surface area (TPSA) is 52.1 Å². The summed E-state index contributed by atoms with van der Waals surface area (Å²) in [7, 11) is 0. The third-order valence-electron chi connectivity index (χ3n) is 6.67. The average molecular weight is 505 g/mol. The minimum atomic E-state index is -0.591. The Kier molecular flexibility index (Phi) is 12.2. The number of carbonyl (C=O) groups is 1. The van der Waals surface area contributed by atoms with E-state index in [2.05, 4.69) is 23.8 Å². The molecule has 198 valence electrons. The third-order valence-corrected chi connectivity index (χ3v) is 6.67. The molecule has 0 radical (unpaired) electrons. The predicted octanol–water partition coefficient (Wildman–Crippen LogP) is 8.92. The Morgan fingerprint density at radius 1 is 0.730 bits per heavy atom. The molecule has 3 aromatic rings. The molecule has 0 N–H and O–H groups in total. The number of benzene rings is 2. The van der Waals surface area contributed by atoms with Crippen molar-refractivity contribution in [3.8, 4) is 17.1 Å². The zero-order chi connectivity index (χ0) is 26.3. The summed E-state index contributed by atoms with van der Waals surface area (Å²) in [6.07, 6.45) is 19.1. The van der Waals surface area contributed by atoms with Crippen molar-refractivity contribution in [3.63, 3.8) is 0 Å². The van der Waals surface area contributed by atoms with Crippen molar-refractivity contribution in [3.05, 3.63) is 77.4 Å². The van der Waals surface area contributed by atoms with Crippen LogP contribution in [0, 0.1) is 5.82 Å². The highest BCUT2D eigenvalue weighted by Gasteiger charge is 2.13. The van der Waals surface area contributed by atoms with E-state index in [1.807, 2.05) is 18.5 Å². The average Bonchev–Trinajstić information content (AvgIpc) is 2.92. The van der Waals surface area contributed by atoms with Gasteiger partial charge in [-0.1, -0.05) is 89.8 Å². The highest BCUT2D eigenvalue weighted by Crippen LogP contribution is 2.22. The van der Waals surface area contributed by atoms with Gasteiger partial charge >= 0.3 is 5.97 Å². The molecule has 37 heavy (non-hydrogen) atoms. The second-order valence-electron chi connectivity index (χ2n) is 9.83. The van der Waals surface area contributed by atoms with Crippen LogP contribution < -0.4 is 4.74 Å². The van der Waals surface area contributed by atoms with Crippen LogP contribution in [0.5, 0.6) is 5.75 Å². The van der Waals surface area contributed by atoms with Crippen LogP contribution in [0.4, 0.5) is 4.39 Å². The largest absolute Gasteiger partial charge is 0.420 e. The van der Waals surface area contributed by atoms with Gasteiger partial charge in [-0.25, -0.2) is 19.2 Å². The van der Waals surface area contributed by atoms with Gasteiger partial charge in [0, 0.05) is 18.0 Å². The van der Waals surface area contributed by atoms with Gasteiger partial charge in [-0.2, -0.15) is 0 Å². The van der Waals surface area contributed by atoms with Gasteiger partial charge in [-0.05, 0) is 61.1 Å². The number of rotatable bonds is 16.